The van der Waals surface area contributed by atoms with Crippen molar-refractivity contribution in [2.24, 2.45) is 5.84 Å². The molecule has 0 spiro atoms. The molecule has 2 rings (SSSR count). The molecule has 21 heavy (non-hydrogen) atoms. The number of aromatic nitrogens is 3. The summed E-state index contributed by atoms with van der Waals surface area (Å²) >= 11 is 11.8. The molecule has 2 aromatic rings. The van der Waals surface area contributed by atoms with Gasteiger partial charge >= 0.3 is 12.0 Å². The molecule has 1 aromatic carbocycles. The summed E-state index contributed by atoms with van der Waals surface area (Å²) in [6, 6.07) is 4.91. The van der Waals surface area contributed by atoms with Crippen LogP contribution in [-0.4, -0.2) is 21.1 Å². The lowest BCUT2D eigenvalue weighted by atomic mass is 10.3. The molecule has 1 aromatic heterocycles. The third kappa shape index (κ3) is 4.32. The highest BCUT2D eigenvalue weighted by atomic mass is 35.5. The Hall–Kier alpha value is -1.83. The first-order valence-corrected chi connectivity index (χ1v) is 6.76. The van der Waals surface area contributed by atoms with E-state index in [2.05, 4.69) is 20.4 Å². The molecular weight excluding hydrogens is 317 g/mol. The second-order valence-electron chi connectivity index (χ2n) is 4.21. The third-order valence-corrected chi connectivity index (χ3v) is 2.90. The molecule has 0 fully saturated rings. The van der Waals surface area contributed by atoms with Crippen molar-refractivity contribution in [1.29, 1.82) is 0 Å². The highest BCUT2D eigenvalue weighted by molar-refractivity contribution is 6.42. The molecule has 9 heteroatoms. The number of halogens is 2. The summed E-state index contributed by atoms with van der Waals surface area (Å²) in [5, 5.41) is 0.784. The molecule has 0 radical (unpaired) electrons. The average molecular weight is 330 g/mol. The SMILES string of the molecule is CC(C)Oc1nc(NN)nc(Oc2ccc(Cl)c(Cl)c2)n1. The zero-order valence-corrected chi connectivity index (χ0v) is 12.8. The number of ether oxygens (including phenoxy) is 2. The van der Waals surface area contributed by atoms with E-state index < -0.39 is 0 Å². The van der Waals surface area contributed by atoms with Crippen molar-refractivity contribution < 1.29 is 9.47 Å². The minimum atomic E-state index is -0.101. The highest BCUT2D eigenvalue weighted by Gasteiger charge is 2.11. The summed E-state index contributed by atoms with van der Waals surface area (Å²) in [4.78, 5) is 12.0. The number of nitrogen functional groups attached to an aromatic ring is 1. The van der Waals surface area contributed by atoms with Gasteiger partial charge in [0.2, 0.25) is 5.95 Å². The molecule has 7 nitrogen and oxygen atoms in total. The maximum absolute atomic E-state index is 5.92. The zero-order valence-electron chi connectivity index (χ0n) is 11.3. The number of hydrogen-bond donors (Lipinski definition) is 2. The lowest BCUT2D eigenvalue weighted by molar-refractivity contribution is 0.218. The van der Waals surface area contributed by atoms with Crippen molar-refractivity contribution in [3.8, 4) is 17.8 Å². The van der Waals surface area contributed by atoms with Crippen LogP contribution in [0.4, 0.5) is 5.95 Å². The van der Waals surface area contributed by atoms with Gasteiger partial charge in [-0.1, -0.05) is 23.2 Å². The lowest BCUT2D eigenvalue weighted by Gasteiger charge is -2.10. The number of anilines is 1. The molecular formula is C12H13Cl2N5O2. The molecule has 0 saturated carbocycles. The van der Waals surface area contributed by atoms with Gasteiger partial charge in [0, 0.05) is 6.07 Å². The number of benzene rings is 1. The van der Waals surface area contributed by atoms with Crippen LogP contribution in [0.2, 0.25) is 10.0 Å². The van der Waals surface area contributed by atoms with E-state index in [1.807, 2.05) is 13.8 Å². The molecule has 0 saturated heterocycles. The largest absolute Gasteiger partial charge is 0.461 e. The van der Waals surface area contributed by atoms with Gasteiger partial charge in [-0.15, -0.1) is 4.98 Å². The topological polar surface area (TPSA) is 95.2 Å². The molecule has 0 unspecified atom stereocenters. The van der Waals surface area contributed by atoms with Gasteiger partial charge < -0.3 is 9.47 Å². The fourth-order valence-electron chi connectivity index (χ4n) is 1.36. The Balaban J connectivity index is 2.27. The van der Waals surface area contributed by atoms with Crippen LogP contribution in [0.3, 0.4) is 0 Å². The Morgan fingerprint density at radius 1 is 1.10 bits per heavy atom. The predicted octanol–water partition coefficient (Wildman–Crippen LogP) is 3.04. The van der Waals surface area contributed by atoms with Crippen LogP contribution in [0.1, 0.15) is 13.8 Å². The normalized spacial score (nSPS) is 10.6. The third-order valence-electron chi connectivity index (χ3n) is 2.16. The van der Waals surface area contributed by atoms with E-state index in [0.29, 0.717) is 15.8 Å². The molecule has 0 amide bonds. The molecule has 1 heterocycles. The van der Waals surface area contributed by atoms with Gasteiger partial charge in [0.1, 0.15) is 5.75 Å². The van der Waals surface area contributed by atoms with Crippen LogP contribution < -0.4 is 20.7 Å². The Bertz CT molecular complexity index is 639. The van der Waals surface area contributed by atoms with Gasteiger partial charge in [-0.3, -0.25) is 5.43 Å². The molecule has 0 atom stereocenters. The monoisotopic (exact) mass is 329 g/mol. The molecule has 112 valence electrons. The van der Waals surface area contributed by atoms with E-state index in [9.17, 15) is 0 Å². The first-order valence-electron chi connectivity index (χ1n) is 6.00. The van der Waals surface area contributed by atoms with Crippen molar-refractivity contribution in [3.63, 3.8) is 0 Å². The highest BCUT2D eigenvalue weighted by Crippen LogP contribution is 2.28. The minimum Gasteiger partial charge on any atom is -0.461 e. The van der Waals surface area contributed by atoms with Gasteiger partial charge in [-0.25, -0.2) is 5.84 Å². The number of hydrogen-bond acceptors (Lipinski definition) is 7. The van der Waals surface area contributed by atoms with Crippen molar-refractivity contribution in [3.05, 3.63) is 28.2 Å². The Morgan fingerprint density at radius 2 is 1.81 bits per heavy atom. The Kier molecular flexibility index (Phi) is 5.00. The van der Waals surface area contributed by atoms with Crippen molar-refractivity contribution in [2.45, 2.75) is 20.0 Å². The number of nitrogens with one attached hydrogen (secondary N) is 1. The maximum Gasteiger partial charge on any atom is 0.330 e. The van der Waals surface area contributed by atoms with E-state index in [4.69, 9.17) is 38.5 Å². The average Bonchev–Trinajstić information content (AvgIpc) is 2.42. The minimum absolute atomic E-state index is 0.0204. The summed E-state index contributed by atoms with van der Waals surface area (Å²) in [6.45, 7) is 3.69. The Morgan fingerprint density at radius 3 is 2.43 bits per heavy atom. The van der Waals surface area contributed by atoms with Gasteiger partial charge in [-0.2, -0.15) is 9.97 Å². The van der Waals surface area contributed by atoms with Crippen LogP contribution in [0.25, 0.3) is 0 Å². The number of nitrogens with zero attached hydrogens (tertiary/aromatic N) is 3. The maximum atomic E-state index is 5.92. The van der Waals surface area contributed by atoms with E-state index in [1.165, 1.54) is 0 Å². The zero-order chi connectivity index (χ0) is 15.4. The van der Waals surface area contributed by atoms with Crippen molar-refractivity contribution >= 4 is 29.2 Å². The molecule has 0 aliphatic carbocycles. The summed E-state index contributed by atoms with van der Waals surface area (Å²) in [5.41, 5.74) is 2.32. The smallest absolute Gasteiger partial charge is 0.330 e. The van der Waals surface area contributed by atoms with E-state index >= 15 is 0 Å². The van der Waals surface area contributed by atoms with Crippen molar-refractivity contribution in [2.75, 3.05) is 5.43 Å². The fourth-order valence-corrected chi connectivity index (χ4v) is 1.65. The standard InChI is InChI=1S/C12H13Cl2N5O2/c1-6(2)20-11-16-10(19-15)17-12(18-11)21-7-3-4-8(13)9(14)5-7/h3-6H,15H2,1-2H3,(H,16,17,18,19). The Labute approximate surface area is 131 Å². The van der Waals surface area contributed by atoms with E-state index in [-0.39, 0.29) is 24.1 Å². The van der Waals surface area contributed by atoms with E-state index in [0.717, 1.165) is 0 Å². The van der Waals surface area contributed by atoms with Gasteiger partial charge in [0.15, 0.2) is 0 Å². The summed E-state index contributed by atoms with van der Waals surface area (Å²) < 4.78 is 10.9. The van der Waals surface area contributed by atoms with Crippen LogP contribution in [0, 0.1) is 0 Å². The van der Waals surface area contributed by atoms with E-state index in [1.54, 1.807) is 18.2 Å². The summed E-state index contributed by atoms with van der Waals surface area (Å²) in [5.74, 6) is 5.85. The first-order chi connectivity index (χ1) is 9.97. The van der Waals surface area contributed by atoms with Gasteiger partial charge in [0.05, 0.1) is 16.1 Å². The second-order valence-corrected chi connectivity index (χ2v) is 5.03. The predicted molar refractivity (Wildman–Crippen MR) is 79.9 cm³/mol. The van der Waals surface area contributed by atoms with Crippen LogP contribution in [0.5, 0.6) is 17.8 Å². The number of rotatable bonds is 5. The second kappa shape index (κ2) is 6.75. The van der Waals surface area contributed by atoms with Crippen LogP contribution in [-0.2, 0) is 0 Å². The lowest BCUT2D eigenvalue weighted by Crippen LogP contribution is -2.14. The van der Waals surface area contributed by atoms with Gasteiger partial charge in [-0.05, 0) is 26.0 Å². The summed E-state index contributed by atoms with van der Waals surface area (Å²) in [7, 11) is 0. The molecule has 0 bridgehead atoms. The number of hydrazine groups is 1. The van der Waals surface area contributed by atoms with Crippen LogP contribution >= 0.6 is 23.2 Å². The quantitative estimate of drug-likeness (QED) is 0.642. The van der Waals surface area contributed by atoms with Crippen LogP contribution in [0.15, 0.2) is 18.2 Å². The van der Waals surface area contributed by atoms with Crippen molar-refractivity contribution in [1.82, 2.24) is 15.0 Å². The summed E-state index contributed by atoms with van der Waals surface area (Å²) in [6.07, 6.45) is -0.101. The molecule has 3 N–H and O–H groups in total. The van der Waals surface area contributed by atoms with Gasteiger partial charge in [0.25, 0.3) is 0 Å². The fraction of sp³-hybridized carbons (Fsp3) is 0.250. The first kappa shape index (κ1) is 15.6. The molecule has 0 aliphatic rings. The molecule has 0 aliphatic heterocycles. The number of nitrogens with two attached hydrogens (primary N) is 1.